The van der Waals surface area contributed by atoms with Gasteiger partial charge in [-0.2, -0.15) is 0 Å². The lowest BCUT2D eigenvalue weighted by molar-refractivity contribution is 0.102. The van der Waals surface area contributed by atoms with Crippen LogP contribution in [0.5, 0.6) is 0 Å². The second-order valence-corrected chi connectivity index (χ2v) is 8.46. The fourth-order valence-corrected chi connectivity index (χ4v) is 4.44. The van der Waals surface area contributed by atoms with Gasteiger partial charge in [-0.3, -0.25) is 4.79 Å². The fourth-order valence-electron chi connectivity index (χ4n) is 3.46. The van der Waals surface area contributed by atoms with Crippen molar-refractivity contribution in [3.63, 3.8) is 0 Å². The van der Waals surface area contributed by atoms with Gasteiger partial charge in [0.05, 0.1) is 5.56 Å². The van der Waals surface area contributed by atoms with Gasteiger partial charge in [0.25, 0.3) is 5.91 Å². The van der Waals surface area contributed by atoms with E-state index in [1.807, 2.05) is 18.2 Å². The van der Waals surface area contributed by atoms with Gasteiger partial charge in [-0.15, -0.1) is 0 Å². The zero-order chi connectivity index (χ0) is 20.2. The Morgan fingerprint density at radius 3 is 2.48 bits per heavy atom. The molecule has 1 saturated heterocycles. The maximum absolute atomic E-state index is 12.9. The molecule has 0 aliphatic carbocycles. The summed E-state index contributed by atoms with van der Waals surface area (Å²) in [7, 11) is 0. The molecule has 0 unspecified atom stereocenters. The molecule has 1 N–H and O–H groups in total. The SMILES string of the molecule is Cc1ccc(Sc2ncccc2C(=O)Nc2ccc(N3CCCC3)cc2)cc1C. The molecule has 2 aromatic carbocycles. The molecule has 1 aliphatic rings. The molecule has 4 rings (SSSR count). The molecular weight excluding hydrogens is 378 g/mol. The van der Waals surface area contributed by atoms with Gasteiger partial charge in [0.15, 0.2) is 0 Å². The molecule has 1 aromatic heterocycles. The molecule has 0 saturated carbocycles. The molecule has 1 amide bonds. The summed E-state index contributed by atoms with van der Waals surface area (Å²) >= 11 is 1.52. The van der Waals surface area contributed by atoms with Crippen LogP contribution in [0.15, 0.2) is 70.7 Å². The number of aromatic nitrogens is 1. The summed E-state index contributed by atoms with van der Waals surface area (Å²) in [6.45, 7) is 6.41. The highest BCUT2D eigenvalue weighted by Crippen LogP contribution is 2.30. The number of amides is 1. The van der Waals surface area contributed by atoms with Crippen molar-refractivity contribution in [1.82, 2.24) is 4.98 Å². The molecule has 29 heavy (non-hydrogen) atoms. The van der Waals surface area contributed by atoms with E-state index >= 15 is 0 Å². The van der Waals surface area contributed by atoms with E-state index in [1.165, 1.54) is 41.4 Å². The Morgan fingerprint density at radius 1 is 1.00 bits per heavy atom. The van der Waals surface area contributed by atoms with Crippen molar-refractivity contribution in [1.29, 1.82) is 0 Å². The van der Waals surface area contributed by atoms with Gasteiger partial charge in [0.1, 0.15) is 5.03 Å². The first-order valence-electron chi connectivity index (χ1n) is 9.96. The number of benzene rings is 2. The highest BCUT2D eigenvalue weighted by molar-refractivity contribution is 7.99. The number of pyridine rings is 1. The Kier molecular flexibility index (Phi) is 5.86. The van der Waals surface area contributed by atoms with Crippen LogP contribution >= 0.6 is 11.8 Å². The van der Waals surface area contributed by atoms with Crippen molar-refractivity contribution in [3.8, 4) is 0 Å². The van der Waals surface area contributed by atoms with Crippen LogP contribution in [0.2, 0.25) is 0 Å². The maximum Gasteiger partial charge on any atom is 0.258 e. The van der Waals surface area contributed by atoms with Crippen LogP contribution in [0.4, 0.5) is 11.4 Å². The number of nitrogens with zero attached hydrogens (tertiary/aromatic N) is 2. The lowest BCUT2D eigenvalue weighted by Crippen LogP contribution is -2.17. The summed E-state index contributed by atoms with van der Waals surface area (Å²) in [5.74, 6) is -0.140. The Hall–Kier alpha value is -2.79. The number of hydrogen-bond acceptors (Lipinski definition) is 4. The monoisotopic (exact) mass is 403 g/mol. The quantitative estimate of drug-likeness (QED) is 0.593. The minimum atomic E-state index is -0.140. The zero-order valence-electron chi connectivity index (χ0n) is 16.8. The zero-order valence-corrected chi connectivity index (χ0v) is 17.6. The molecule has 148 valence electrons. The van der Waals surface area contributed by atoms with Crippen LogP contribution in [-0.2, 0) is 0 Å². The highest BCUT2D eigenvalue weighted by Gasteiger charge is 2.15. The molecular formula is C24H25N3OS. The van der Waals surface area contributed by atoms with Crippen LogP contribution in [-0.4, -0.2) is 24.0 Å². The summed E-state index contributed by atoms with van der Waals surface area (Å²) in [4.78, 5) is 20.8. The average molecular weight is 404 g/mol. The predicted molar refractivity (Wildman–Crippen MR) is 120 cm³/mol. The van der Waals surface area contributed by atoms with Gasteiger partial charge < -0.3 is 10.2 Å². The number of anilines is 2. The van der Waals surface area contributed by atoms with Gasteiger partial charge in [0.2, 0.25) is 0 Å². The molecule has 2 heterocycles. The van der Waals surface area contributed by atoms with E-state index in [4.69, 9.17) is 0 Å². The first kappa shape index (κ1) is 19.5. The Morgan fingerprint density at radius 2 is 1.76 bits per heavy atom. The van der Waals surface area contributed by atoms with Gasteiger partial charge in [-0.1, -0.05) is 17.8 Å². The second kappa shape index (κ2) is 8.70. The standard InChI is InChI=1S/C24H25N3OS/c1-17-7-12-21(16-18(17)2)29-24-22(6-5-13-25-24)23(28)26-19-8-10-20(11-9-19)27-14-3-4-15-27/h5-13,16H,3-4,14-15H2,1-2H3,(H,26,28). The highest BCUT2D eigenvalue weighted by atomic mass is 32.2. The van der Waals surface area contributed by atoms with E-state index in [0.717, 1.165) is 23.7 Å². The smallest absolute Gasteiger partial charge is 0.258 e. The van der Waals surface area contributed by atoms with Crippen LogP contribution in [0.25, 0.3) is 0 Å². The van der Waals surface area contributed by atoms with E-state index in [0.29, 0.717) is 10.6 Å². The first-order valence-corrected chi connectivity index (χ1v) is 10.8. The van der Waals surface area contributed by atoms with E-state index in [-0.39, 0.29) is 5.91 Å². The third-order valence-corrected chi connectivity index (χ3v) is 6.31. The third-order valence-electron chi connectivity index (χ3n) is 5.31. The van der Waals surface area contributed by atoms with Gasteiger partial charge >= 0.3 is 0 Å². The van der Waals surface area contributed by atoms with Gasteiger partial charge in [-0.05, 0) is 86.3 Å². The number of nitrogens with one attached hydrogen (secondary N) is 1. The Labute approximate surface area is 176 Å². The molecule has 3 aromatic rings. The van der Waals surface area contributed by atoms with E-state index in [2.05, 4.69) is 59.4 Å². The van der Waals surface area contributed by atoms with Crippen molar-refractivity contribution < 1.29 is 4.79 Å². The summed E-state index contributed by atoms with van der Waals surface area (Å²) in [6.07, 6.45) is 4.23. The molecule has 1 aliphatic heterocycles. The van der Waals surface area contributed by atoms with Crippen molar-refractivity contribution in [3.05, 3.63) is 77.5 Å². The first-order chi connectivity index (χ1) is 14.1. The van der Waals surface area contributed by atoms with Gasteiger partial charge in [-0.25, -0.2) is 4.98 Å². The van der Waals surface area contributed by atoms with Crippen molar-refractivity contribution in [2.45, 2.75) is 36.6 Å². The maximum atomic E-state index is 12.9. The molecule has 1 fully saturated rings. The molecule has 0 radical (unpaired) electrons. The average Bonchev–Trinajstić information content (AvgIpc) is 3.26. The molecule has 0 atom stereocenters. The fraction of sp³-hybridized carbons (Fsp3) is 0.250. The molecule has 0 spiro atoms. The van der Waals surface area contributed by atoms with E-state index in [9.17, 15) is 4.79 Å². The predicted octanol–water partition coefficient (Wildman–Crippen LogP) is 5.70. The number of rotatable bonds is 5. The Bertz CT molecular complexity index is 1010. The molecule has 0 bridgehead atoms. The van der Waals surface area contributed by atoms with Gasteiger partial charge in [0, 0.05) is 35.6 Å². The minimum Gasteiger partial charge on any atom is -0.372 e. The van der Waals surface area contributed by atoms with Crippen LogP contribution in [0.1, 0.15) is 34.3 Å². The number of carbonyl (C=O) groups is 1. The number of aryl methyl sites for hydroxylation is 2. The van der Waals surface area contributed by atoms with Crippen LogP contribution in [0.3, 0.4) is 0 Å². The number of carbonyl (C=O) groups excluding carboxylic acids is 1. The number of hydrogen-bond donors (Lipinski definition) is 1. The minimum absolute atomic E-state index is 0.140. The summed E-state index contributed by atoms with van der Waals surface area (Å²) in [5, 5.41) is 3.72. The lowest BCUT2D eigenvalue weighted by Gasteiger charge is -2.18. The normalized spacial score (nSPS) is 13.5. The molecule has 4 nitrogen and oxygen atoms in total. The summed E-state index contributed by atoms with van der Waals surface area (Å²) in [6, 6.07) is 18.0. The summed E-state index contributed by atoms with van der Waals surface area (Å²) in [5.41, 5.74) is 5.08. The second-order valence-electron chi connectivity index (χ2n) is 7.40. The molecule has 5 heteroatoms. The van der Waals surface area contributed by atoms with Crippen molar-refractivity contribution in [2.75, 3.05) is 23.3 Å². The largest absolute Gasteiger partial charge is 0.372 e. The van der Waals surface area contributed by atoms with E-state index < -0.39 is 0 Å². The van der Waals surface area contributed by atoms with Crippen molar-refractivity contribution >= 4 is 29.0 Å². The Balaban J connectivity index is 1.49. The van der Waals surface area contributed by atoms with Crippen molar-refractivity contribution in [2.24, 2.45) is 0 Å². The van der Waals surface area contributed by atoms with Crippen LogP contribution < -0.4 is 10.2 Å². The third kappa shape index (κ3) is 4.62. The summed E-state index contributed by atoms with van der Waals surface area (Å²) < 4.78 is 0. The lowest BCUT2D eigenvalue weighted by atomic mass is 10.1. The van der Waals surface area contributed by atoms with Crippen LogP contribution in [0, 0.1) is 13.8 Å². The van der Waals surface area contributed by atoms with E-state index in [1.54, 1.807) is 12.3 Å². The topological polar surface area (TPSA) is 45.2 Å².